The van der Waals surface area contributed by atoms with Crippen molar-refractivity contribution in [2.45, 2.75) is 19.3 Å². The average Bonchev–Trinajstić information content (AvgIpc) is 3.04. The smallest absolute Gasteiger partial charge is 0.270 e. The van der Waals surface area contributed by atoms with Gasteiger partial charge in [-0.1, -0.05) is 12.8 Å². The van der Waals surface area contributed by atoms with Crippen molar-refractivity contribution in [1.29, 1.82) is 0 Å². The number of benzene rings is 1. The predicted molar refractivity (Wildman–Crippen MR) is 66.6 cm³/mol. The number of rotatable bonds is 5. The molecule has 1 saturated carbocycles. The summed E-state index contributed by atoms with van der Waals surface area (Å²) in [7, 11) is 0. The molecule has 1 aliphatic carbocycles. The van der Waals surface area contributed by atoms with Gasteiger partial charge in [0.1, 0.15) is 0 Å². The highest BCUT2D eigenvalue weighted by Crippen LogP contribution is 2.33. The molecule has 16 heavy (non-hydrogen) atoms. The van der Waals surface area contributed by atoms with Crippen molar-refractivity contribution in [3.05, 3.63) is 32.8 Å². The van der Waals surface area contributed by atoms with E-state index >= 15 is 0 Å². The van der Waals surface area contributed by atoms with Crippen molar-refractivity contribution in [3.8, 4) is 0 Å². The SMILES string of the molecule is O=[N+]([O-])c1ccc(NCCC2CC2)c(Br)c1. The van der Waals surface area contributed by atoms with Gasteiger partial charge in [0.15, 0.2) is 0 Å². The predicted octanol–water partition coefficient (Wildman–Crippen LogP) is 3.57. The first-order chi connectivity index (χ1) is 7.66. The minimum atomic E-state index is -0.390. The molecule has 0 aromatic heterocycles. The first kappa shape index (κ1) is 11.4. The summed E-state index contributed by atoms with van der Waals surface area (Å²) in [6, 6.07) is 4.79. The van der Waals surface area contributed by atoms with E-state index in [0.717, 1.165) is 22.6 Å². The summed E-state index contributed by atoms with van der Waals surface area (Å²) >= 11 is 3.33. The van der Waals surface area contributed by atoms with Crippen LogP contribution in [0.3, 0.4) is 0 Å². The fourth-order valence-electron chi connectivity index (χ4n) is 1.58. The van der Waals surface area contributed by atoms with Crippen LogP contribution in [0.15, 0.2) is 22.7 Å². The molecule has 1 aromatic carbocycles. The van der Waals surface area contributed by atoms with Gasteiger partial charge in [-0.2, -0.15) is 0 Å². The molecule has 86 valence electrons. The number of halogens is 1. The Kier molecular flexibility index (Phi) is 3.43. The Morgan fingerprint density at radius 2 is 2.25 bits per heavy atom. The maximum atomic E-state index is 10.5. The van der Waals surface area contributed by atoms with Gasteiger partial charge >= 0.3 is 0 Å². The summed E-state index contributed by atoms with van der Waals surface area (Å²) in [6.45, 7) is 0.932. The number of nitro groups is 1. The van der Waals surface area contributed by atoms with Gasteiger partial charge in [0.05, 0.1) is 4.92 Å². The van der Waals surface area contributed by atoms with Crippen molar-refractivity contribution in [2.75, 3.05) is 11.9 Å². The van der Waals surface area contributed by atoms with Gasteiger partial charge in [-0.15, -0.1) is 0 Å². The number of nitrogens with one attached hydrogen (secondary N) is 1. The van der Waals surface area contributed by atoms with E-state index in [0.29, 0.717) is 0 Å². The first-order valence-electron chi connectivity index (χ1n) is 5.34. The quantitative estimate of drug-likeness (QED) is 0.664. The summed E-state index contributed by atoms with van der Waals surface area (Å²) in [5, 5.41) is 13.8. The average molecular weight is 285 g/mol. The van der Waals surface area contributed by atoms with Crippen LogP contribution in [-0.4, -0.2) is 11.5 Å². The van der Waals surface area contributed by atoms with Crippen molar-refractivity contribution < 1.29 is 4.92 Å². The van der Waals surface area contributed by atoms with Gasteiger partial charge in [-0.05, 0) is 34.3 Å². The number of anilines is 1. The van der Waals surface area contributed by atoms with Crippen LogP contribution in [0.25, 0.3) is 0 Å². The van der Waals surface area contributed by atoms with Gasteiger partial charge in [-0.3, -0.25) is 10.1 Å². The number of hydrogen-bond donors (Lipinski definition) is 1. The third-order valence-corrected chi connectivity index (χ3v) is 3.38. The van der Waals surface area contributed by atoms with Crippen LogP contribution in [0.1, 0.15) is 19.3 Å². The molecular weight excluding hydrogens is 272 g/mol. The highest BCUT2D eigenvalue weighted by molar-refractivity contribution is 9.10. The Morgan fingerprint density at radius 1 is 1.50 bits per heavy atom. The van der Waals surface area contributed by atoms with Crippen LogP contribution in [0.2, 0.25) is 0 Å². The first-order valence-corrected chi connectivity index (χ1v) is 6.14. The van der Waals surface area contributed by atoms with E-state index in [9.17, 15) is 10.1 Å². The van der Waals surface area contributed by atoms with Crippen molar-refractivity contribution in [1.82, 2.24) is 0 Å². The van der Waals surface area contributed by atoms with Crippen LogP contribution >= 0.6 is 15.9 Å². The van der Waals surface area contributed by atoms with E-state index in [1.165, 1.54) is 31.4 Å². The second-order valence-corrected chi connectivity index (χ2v) is 4.93. The Morgan fingerprint density at radius 3 is 2.81 bits per heavy atom. The summed E-state index contributed by atoms with van der Waals surface area (Å²) in [6.07, 6.45) is 3.88. The third kappa shape index (κ3) is 2.95. The number of nitro benzene ring substituents is 1. The minimum absolute atomic E-state index is 0.111. The van der Waals surface area contributed by atoms with Crippen LogP contribution < -0.4 is 5.32 Å². The molecule has 1 N–H and O–H groups in total. The minimum Gasteiger partial charge on any atom is -0.384 e. The van der Waals surface area contributed by atoms with Gasteiger partial charge in [-0.25, -0.2) is 0 Å². The Balaban J connectivity index is 1.95. The van der Waals surface area contributed by atoms with Crippen LogP contribution in [0.5, 0.6) is 0 Å². The highest BCUT2D eigenvalue weighted by atomic mass is 79.9. The molecule has 0 unspecified atom stereocenters. The second-order valence-electron chi connectivity index (χ2n) is 4.08. The van der Waals surface area contributed by atoms with Crippen molar-refractivity contribution >= 4 is 27.3 Å². The largest absolute Gasteiger partial charge is 0.384 e. The number of hydrogen-bond acceptors (Lipinski definition) is 3. The zero-order valence-corrected chi connectivity index (χ0v) is 10.4. The molecule has 0 amide bonds. The lowest BCUT2D eigenvalue weighted by molar-refractivity contribution is -0.384. The number of non-ortho nitro benzene ring substituents is 1. The monoisotopic (exact) mass is 284 g/mol. The van der Waals surface area contributed by atoms with Gasteiger partial charge < -0.3 is 5.32 Å². The molecule has 5 heteroatoms. The summed E-state index contributed by atoms with van der Waals surface area (Å²) in [5.74, 6) is 0.893. The fourth-order valence-corrected chi connectivity index (χ4v) is 2.09. The summed E-state index contributed by atoms with van der Waals surface area (Å²) in [5.41, 5.74) is 1.03. The molecule has 0 bridgehead atoms. The Bertz CT molecular complexity index is 405. The number of nitrogens with zero attached hydrogens (tertiary/aromatic N) is 1. The van der Waals surface area contributed by atoms with E-state index in [1.54, 1.807) is 6.07 Å². The van der Waals surface area contributed by atoms with E-state index in [1.807, 2.05) is 0 Å². The molecule has 0 spiro atoms. The van der Waals surface area contributed by atoms with Crippen LogP contribution in [0.4, 0.5) is 11.4 Å². The lowest BCUT2D eigenvalue weighted by Crippen LogP contribution is -2.03. The van der Waals surface area contributed by atoms with E-state index in [2.05, 4.69) is 21.2 Å². The Labute approximate surface area is 102 Å². The maximum Gasteiger partial charge on any atom is 0.270 e. The Hall–Kier alpha value is -1.10. The standard InChI is InChI=1S/C11H13BrN2O2/c12-10-7-9(14(15)16)3-4-11(10)13-6-5-8-1-2-8/h3-4,7-8,13H,1-2,5-6H2. The molecule has 1 aromatic rings. The van der Waals surface area contributed by atoms with Gasteiger partial charge in [0, 0.05) is 28.8 Å². The lowest BCUT2D eigenvalue weighted by atomic mass is 10.2. The molecule has 0 atom stereocenters. The van der Waals surface area contributed by atoms with Gasteiger partial charge in [0.25, 0.3) is 5.69 Å². The van der Waals surface area contributed by atoms with Crippen molar-refractivity contribution in [3.63, 3.8) is 0 Å². The zero-order valence-electron chi connectivity index (χ0n) is 8.78. The molecule has 1 fully saturated rings. The van der Waals surface area contributed by atoms with E-state index in [4.69, 9.17) is 0 Å². The summed E-state index contributed by atoms with van der Waals surface area (Å²) < 4.78 is 0.748. The molecule has 4 nitrogen and oxygen atoms in total. The molecule has 1 aliphatic rings. The van der Waals surface area contributed by atoms with E-state index in [-0.39, 0.29) is 5.69 Å². The molecular formula is C11H13BrN2O2. The fraction of sp³-hybridized carbons (Fsp3) is 0.455. The molecule has 0 aliphatic heterocycles. The summed E-state index contributed by atoms with van der Waals surface area (Å²) in [4.78, 5) is 10.2. The highest BCUT2D eigenvalue weighted by Gasteiger charge is 2.20. The van der Waals surface area contributed by atoms with Crippen LogP contribution in [0, 0.1) is 16.0 Å². The normalized spacial score (nSPS) is 14.8. The molecule has 0 heterocycles. The van der Waals surface area contributed by atoms with Gasteiger partial charge in [0.2, 0.25) is 0 Å². The molecule has 0 radical (unpaired) electrons. The second kappa shape index (κ2) is 4.82. The van der Waals surface area contributed by atoms with Crippen LogP contribution in [-0.2, 0) is 0 Å². The maximum absolute atomic E-state index is 10.5. The zero-order chi connectivity index (χ0) is 11.5. The lowest BCUT2D eigenvalue weighted by Gasteiger charge is -2.07. The van der Waals surface area contributed by atoms with Crippen molar-refractivity contribution in [2.24, 2.45) is 5.92 Å². The molecule has 2 rings (SSSR count). The topological polar surface area (TPSA) is 55.2 Å². The third-order valence-electron chi connectivity index (χ3n) is 2.73. The van der Waals surface area contributed by atoms with E-state index < -0.39 is 4.92 Å². The molecule has 0 saturated heterocycles.